The minimum Gasteiger partial charge on any atom is -0.368 e. The highest BCUT2D eigenvalue weighted by atomic mass is 16.1. The number of hydrogen-bond donors (Lipinski definition) is 2. The zero-order chi connectivity index (χ0) is 13.8. The van der Waals surface area contributed by atoms with Gasteiger partial charge in [0.2, 0.25) is 17.8 Å². The summed E-state index contributed by atoms with van der Waals surface area (Å²) in [5.74, 6) is 0.0941. The predicted octanol–water partition coefficient (Wildman–Crippen LogP) is 1.28. The third kappa shape index (κ3) is 3.74. The van der Waals surface area contributed by atoms with Crippen molar-refractivity contribution >= 4 is 29.2 Å². The van der Waals surface area contributed by atoms with E-state index in [1.54, 1.807) is 6.92 Å². The SMILES string of the molecule is CC1=NC(=NC(N)=Nc2cccc(C)c2)NC(=O)C1. The number of aliphatic imine (C=N–C) groups is 3. The van der Waals surface area contributed by atoms with Gasteiger partial charge >= 0.3 is 0 Å². The molecule has 1 aromatic carbocycles. The van der Waals surface area contributed by atoms with Gasteiger partial charge < -0.3 is 5.73 Å². The summed E-state index contributed by atoms with van der Waals surface area (Å²) in [5, 5.41) is 2.54. The largest absolute Gasteiger partial charge is 0.368 e. The van der Waals surface area contributed by atoms with Gasteiger partial charge in [-0.3, -0.25) is 10.1 Å². The Morgan fingerprint density at radius 3 is 2.89 bits per heavy atom. The predicted molar refractivity (Wildman–Crippen MR) is 75.8 cm³/mol. The van der Waals surface area contributed by atoms with Crippen LogP contribution in [0.15, 0.2) is 39.2 Å². The minimum absolute atomic E-state index is 0.0550. The van der Waals surface area contributed by atoms with Gasteiger partial charge in [0.05, 0.1) is 12.1 Å². The van der Waals surface area contributed by atoms with E-state index in [1.165, 1.54) is 0 Å². The molecule has 0 atom stereocenters. The lowest BCUT2D eigenvalue weighted by atomic mass is 10.2. The molecule has 3 N–H and O–H groups in total. The molecule has 1 aliphatic rings. The van der Waals surface area contributed by atoms with E-state index in [-0.39, 0.29) is 24.2 Å². The highest BCUT2D eigenvalue weighted by molar-refractivity contribution is 6.16. The van der Waals surface area contributed by atoms with E-state index in [0.717, 1.165) is 5.56 Å². The lowest BCUT2D eigenvalue weighted by Crippen LogP contribution is -2.36. The van der Waals surface area contributed by atoms with Gasteiger partial charge in [0.15, 0.2) is 0 Å². The standard InChI is InChI=1S/C13H15N5O/c1-8-4-3-5-10(6-8)16-12(14)18-13-15-9(2)7-11(19)17-13/h3-6H,7H2,1-2H3,(H3,14,16,17,18,19). The van der Waals surface area contributed by atoms with Crippen molar-refractivity contribution in [2.24, 2.45) is 20.7 Å². The Bertz CT molecular complexity index is 601. The Kier molecular flexibility index (Phi) is 3.70. The van der Waals surface area contributed by atoms with E-state index in [0.29, 0.717) is 11.4 Å². The second-order valence-corrected chi connectivity index (χ2v) is 4.32. The lowest BCUT2D eigenvalue weighted by Gasteiger charge is -2.10. The van der Waals surface area contributed by atoms with E-state index in [1.807, 2.05) is 31.2 Å². The van der Waals surface area contributed by atoms with Crippen molar-refractivity contribution in [2.45, 2.75) is 20.3 Å². The number of aryl methyl sites for hydroxylation is 1. The number of guanidine groups is 2. The Morgan fingerprint density at radius 2 is 2.21 bits per heavy atom. The van der Waals surface area contributed by atoms with Crippen LogP contribution in [-0.4, -0.2) is 23.5 Å². The van der Waals surface area contributed by atoms with Gasteiger partial charge in [0.25, 0.3) is 0 Å². The molecule has 0 radical (unpaired) electrons. The number of nitrogens with zero attached hydrogens (tertiary/aromatic N) is 3. The summed E-state index contributed by atoms with van der Waals surface area (Å²) in [4.78, 5) is 23.6. The topological polar surface area (TPSA) is 92.2 Å². The minimum atomic E-state index is -0.144. The number of benzene rings is 1. The van der Waals surface area contributed by atoms with Gasteiger partial charge in [0, 0.05) is 5.71 Å². The summed E-state index contributed by atoms with van der Waals surface area (Å²) in [6, 6.07) is 7.57. The fourth-order valence-electron chi connectivity index (χ4n) is 1.67. The van der Waals surface area contributed by atoms with Crippen LogP contribution in [0.5, 0.6) is 0 Å². The molecule has 2 rings (SSSR count). The molecule has 1 aliphatic heterocycles. The maximum absolute atomic E-state index is 11.3. The summed E-state index contributed by atoms with van der Waals surface area (Å²) in [5.41, 5.74) is 8.22. The fourth-order valence-corrected chi connectivity index (χ4v) is 1.67. The molecule has 1 amide bonds. The zero-order valence-corrected chi connectivity index (χ0v) is 10.8. The molecule has 0 saturated heterocycles. The molecule has 0 unspecified atom stereocenters. The van der Waals surface area contributed by atoms with E-state index in [9.17, 15) is 4.79 Å². The first kappa shape index (κ1) is 12.9. The summed E-state index contributed by atoms with van der Waals surface area (Å²) in [7, 11) is 0. The smallest absolute Gasteiger partial charge is 0.232 e. The molecule has 0 aliphatic carbocycles. The second-order valence-electron chi connectivity index (χ2n) is 4.32. The Morgan fingerprint density at radius 1 is 1.42 bits per heavy atom. The quantitative estimate of drug-likeness (QED) is 0.586. The first-order chi connectivity index (χ1) is 9.02. The van der Waals surface area contributed by atoms with Crippen LogP contribution in [0.3, 0.4) is 0 Å². The normalized spacial score (nSPS) is 18.2. The van der Waals surface area contributed by atoms with Crippen LogP contribution in [0, 0.1) is 6.92 Å². The highest BCUT2D eigenvalue weighted by Crippen LogP contribution is 2.13. The maximum Gasteiger partial charge on any atom is 0.232 e. The Balaban J connectivity index is 2.23. The molecule has 6 heteroatoms. The van der Waals surface area contributed by atoms with Gasteiger partial charge in [-0.1, -0.05) is 12.1 Å². The number of carbonyl (C=O) groups excluding carboxylic acids is 1. The average Bonchev–Trinajstić information content (AvgIpc) is 2.26. The summed E-state index contributed by atoms with van der Waals surface area (Å²) in [6.45, 7) is 3.73. The maximum atomic E-state index is 11.3. The zero-order valence-electron chi connectivity index (χ0n) is 10.8. The van der Waals surface area contributed by atoms with E-state index in [4.69, 9.17) is 5.73 Å². The van der Waals surface area contributed by atoms with Crippen molar-refractivity contribution < 1.29 is 4.79 Å². The van der Waals surface area contributed by atoms with Crippen molar-refractivity contribution in [3.8, 4) is 0 Å². The highest BCUT2D eigenvalue weighted by Gasteiger charge is 2.13. The van der Waals surface area contributed by atoms with Crippen molar-refractivity contribution in [1.82, 2.24) is 5.32 Å². The van der Waals surface area contributed by atoms with E-state index in [2.05, 4.69) is 20.3 Å². The molecule has 0 fully saturated rings. The molecule has 6 nitrogen and oxygen atoms in total. The molecule has 19 heavy (non-hydrogen) atoms. The summed E-state index contributed by atoms with van der Waals surface area (Å²) >= 11 is 0. The number of hydrogen-bond acceptors (Lipinski definition) is 2. The lowest BCUT2D eigenvalue weighted by molar-refractivity contribution is -0.118. The Hall–Kier alpha value is -2.50. The van der Waals surface area contributed by atoms with Crippen LogP contribution >= 0.6 is 0 Å². The van der Waals surface area contributed by atoms with E-state index < -0.39 is 0 Å². The number of nitrogens with one attached hydrogen (secondary N) is 1. The molecule has 1 heterocycles. The third-order valence-electron chi connectivity index (χ3n) is 2.43. The van der Waals surface area contributed by atoms with Crippen molar-refractivity contribution in [3.63, 3.8) is 0 Å². The number of nitrogens with two attached hydrogens (primary N) is 1. The van der Waals surface area contributed by atoms with Crippen LogP contribution in [0.1, 0.15) is 18.9 Å². The van der Waals surface area contributed by atoms with E-state index >= 15 is 0 Å². The van der Waals surface area contributed by atoms with Crippen LogP contribution < -0.4 is 11.1 Å². The first-order valence-electron chi connectivity index (χ1n) is 5.86. The monoisotopic (exact) mass is 257 g/mol. The fraction of sp³-hybridized carbons (Fsp3) is 0.231. The van der Waals surface area contributed by atoms with Gasteiger partial charge in [-0.25, -0.2) is 9.98 Å². The van der Waals surface area contributed by atoms with Crippen molar-refractivity contribution in [2.75, 3.05) is 0 Å². The van der Waals surface area contributed by atoms with Crippen LogP contribution in [0.25, 0.3) is 0 Å². The number of rotatable bonds is 1. The summed E-state index contributed by atoms with van der Waals surface area (Å²) in [6.07, 6.45) is 0.286. The molecule has 0 saturated carbocycles. The van der Waals surface area contributed by atoms with Crippen LogP contribution in [0.2, 0.25) is 0 Å². The molecular formula is C13H15N5O. The Labute approximate surface area is 111 Å². The summed E-state index contributed by atoms with van der Waals surface area (Å²) < 4.78 is 0. The van der Waals surface area contributed by atoms with Gasteiger partial charge in [-0.15, -0.1) is 0 Å². The van der Waals surface area contributed by atoms with Gasteiger partial charge in [0.1, 0.15) is 0 Å². The molecule has 0 aromatic heterocycles. The molecular weight excluding hydrogens is 242 g/mol. The second kappa shape index (κ2) is 5.43. The average molecular weight is 257 g/mol. The van der Waals surface area contributed by atoms with Crippen molar-refractivity contribution in [1.29, 1.82) is 0 Å². The molecule has 0 spiro atoms. The molecule has 1 aromatic rings. The van der Waals surface area contributed by atoms with Crippen LogP contribution in [0.4, 0.5) is 5.69 Å². The molecule has 0 bridgehead atoms. The first-order valence-corrected chi connectivity index (χ1v) is 5.86. The third-order valence-corrected chi connectivity index (χ3v) is 2.43. The van der Waals surface area contributed by atoms with Crippen molar-refractivity contribution in [3.05, 3.63) is 29.8 Å². The van der Waals surface area contributed by atoms with Gasteiger partial charge in [-0.05, 0) is 31.5 Å². The van der Waals surface area contributed by atoms with Gasteiger partial charge in [-0.2, -0.15) is 4.99 Å². The molecule has 98 valence electrons. The number of amides is 1. The van der Waals surface area contributed by atoms with Crippen LogP contribution in [-0.2, 0) is 4.79 Å². The number of carbonyl (C=O) groups is 1.